The molecule has 2 rings (SSSR count). The fraction of sp³-hybridized carbons (Fsp3) is 0.267. The third kappa shape index (κ3) is 3.22. The molecular weight excluding hydrogens is 245 g/mol. The molecule has 19 heavy (non-hydrogen) atoms. The number of carboxylic acid groups (broad SMARTS) is 1. The summed E-state index contributed by atoms with van der Waals surface area (Å²) in [5, 5.41) is 8.68. The minimum absolute atomic E-state index is 0.318. The van der Waals surface area contributed by atoms with Gasteiger partial charge in [0.1, 0.15) is 5.82 Å². The van der Waals surface area contributed by atoms with Gasteiger partial charge in [-0.3, -0.25) is 0 Å². The molecule has 0 spiro atoms. The molecule has 1 aliphatic carbocycles. The number of benzene rings is 1. The second-order valence-corrected chi connectivity index (χ2v) is 4.52. The van der Waals surface area contributed by atoms with E-state index >= 15 is 0 Å². The first kappa shape index (κ1) is 13.3. The predicted molar refractivity (Wildman–Crippen MR) is 73.6 cm³/mol. The van der Waals surface area contributed by atoms with Gasteiger partial charge in [-0.15, -0.1) is 6.58 Å². The van der Waals surface area contributed by atoms with Crippen molar-refractivity contribution in [3.63, 3.8) is 0 Å². The van der Waals surface area contributed by atoms with Crippen molar-refractivity contribution in [1.82, 2.24) is 0 Å². The van der Waals surface area contributed by atoms with Crippen molar-refractivity contribution >= 4 is 17.7 Å². The Kier molecular flexibility index (Phi) is 4.00. The molecule has 1 aromatic carbocycles. The Morgan fingerprint density at radius 1 is 1.53 bits per heavy atom. The molecular formula is C15H16FNO2. The normalized spacial score (nSPS) is 14.6. The van der Waals surface area contributed by atoms with E-state index in [4.69, 9.17) is 5.11 Å². The summed E-state index contributed by atoms with van der Waals surface area (Å²) in [4.78, 5) is 12.7. The lowest BCUT2D eigenvalue weighted by molar-refractivity contribution is -0.131. The molecule has 1 saturated carbocycles. The number of nitrogens with zero attached hydrogens (tertiary/aromatic N) is 1. The molecule has 0 amide bonds. The summed E-state index contributed by atoms with van der Waals surface area (Å²) in [6.45, 7) is 4.34. The molecule has 4 heteroatoms. The summed E-state index contributed by atoms with van der Waals surface area (Å²) in [5.74, 6) is -1.50. The van der Waals surface area contributed by atoms with Crippen LogP contribution in [0.1, 0.15) is 18.4 Å². The van der Waals surface area contributed by atoms with Crippen molar-refractivity contribution in [2.45, 2.75) is 18.9 Å². The first-order valence-electron chi connectivity index (χ1n) is 6.20. The molecule has 0 heterocycles. The number of carboxylic acids is 1. The average molecular weight is 261 g/mol. The highest BCUT2D eigenvalue weighted by Crippen LogP contribution is 2.34. The molecule has 0 unspecified atom stereocenters. The van der Waals surface area contributed by atoms with E-state index < -0.39 is 11.8 Å². The highest BCUT2D eigenvalue weighted by atomic mass is 19.1. The van der Waals surface area contributed by atoms with E-state index in [-0.39, 0.29) is 0 Å². The van der Waals surface area contributed by atoms with Crippen molar-refractivity contribution < 1.29 is 14.3 Å². The minimum Gasteiger partial charge on any atom is -0.478 e. The lowest BCUT2D eigenvalue weighted by Gasteiger charge is -2.25. The number of carbonyl (C=O) groups is 1. The van der Waals surface area contributed by atoms with Crippen LogP contribution in [0.25, 0.3) is 6.08 Å². The molecule has 0 bridgehead atoms. The van der Waals surface area contributed by atoms with Gasteiger partial charge in [0.15, 0.2) is 0 Å². The fourth-order valence-electron chi connectivity index (χ4n) is 2.07. The Morgan fingerprint density at radius 3 is 2.84 bits per heavy atom. The van der Waals surface area contributed by atoms with Gasteiger partial charge in [-0.1, -0.05) is 12.1 Å². The maximum absolute atomic E-state index is 13.9. The van der Waals surface area contributed by atoms with Gasteiger partial charge >= 0.3 is 5.97 Å². The van der Waals surface area contributed by atoms with Crippen LogP contribution >= 0.6 is 0 Å². The highest BCUT2D eigenvalue weighted by molar-refractivity contribution is 5.87. The van der Waals surface area contributed by atoms with E-state index in [9.17, 15) is 9.18 Å². The summed E-state index contributed by atoms with van der Waals surface area (Å²) in [6, 6.07) is 5.19. The van der Waals surface area contributed by atoms with Gasteiger partial charge < -0.3 is 10.0 Å². The van der Waals surface area contributed by atoms with Crippen molar-refractivity contribution in [2.24, 2.45) is 0 Å². The maximum atomic E-state index is 13.9. The fourth-order valence-corrected chi connectivity index (χ4v) is 2.07. The smallest absolute Gasteiger partial charge is 0.328 e. The third-order valence-electron chi connectivity index (χ3n) is 3.05. The van der Waals surface area contributed by atoms with Gasteiger partial charge in [0.2, 0.25) is 0 Å². The number of halogens is 1. The molecule has 0 atom stereocenters. The number of aliphatic carboxylic acids is 1. The molecule has 1 fully saturated rings. The van der Waals surface area contributed by atoms with E-state index in [2.05, 4.69) is 11.5 Å². The van der Waals surface area contributed by atoms with E-state index in [1.807, 2.05) is 6.07 Å². The summed E-state index contributed by atoms with van der Waals surface area (Å²) in [5.41, 5.74) is 1.04. The van der Waals surface area contributed by atoms with Crippen LogP contribution in [-0.2, 0) is 4.79 Å². The number of anilines is 1. The monoisotopic (exact) mass is 261 g/mol. The second-order valence-electron chi connectivity index (χ2n) is 4.52. The van der Waals surface area contributed by atoms with Crippen LogP contribution in [0.5, 0.6) is 0 Å². The quantitative estimate of drug-likeness (QED) is 0.632. The first-order chi connectivity index (χ1) is 9.13. The van der Waals surface area contributed by atoms with Gasteiger partial charge in [0.25, 0.3) is 0 Å². The summed E-state index contributed by atoms with van der Waals surface area (Å²) in [6.07, 6.45) is 6.19. The zero-order chi connectivity index (χ0) is 13.8. The number of hydrogen-bond acceptors (Lipinski definition) is 2. The Hall–Kier alpha value is -2.10. The van der Waals surface area contributed by atoms with Crippen LogP contribution in [-0.4, -0.2) is 23.7 Å². The van der Waals surface area contributed by atoms with Gasteiger partial charge in [0, 0.05) is 29.9 Å². The molecule has 100 valence electrons. The molecule has 1 aromatic rings. The van der Waals surface area contributed by atoms with E-state index in [1.165, 1.54) is 12.1 Å². The zero-order valence-corrected chi connectivity index (χ0v) is 10.6. The zero-order valence-electron chi connectivity index (χ0n) is 10.6. The second kappa shape index (κ2) is 5.69. The highest BCUT2D eigenvalue weighted by Gasteiger charge is 2.29. The SMILES string of the molecule is C=CCN(c1cccc(F)c1/C=C/C(=O)O)C1CC1. The molecule has 3 nitrogen and oxygen atoms in total. The number of rotatable bonds is 6. The average Bonchev–Trinajstić information content (AvgIpc) is 3.18. The van der Waals surface area contributed by atoms with Crippen LogP contribution in [0, 0.1) is 5.82 Å². The lowest BCUT2D eigenvalue weighted by atomic mass is 10.1. The Labute approximate surface area is 111 Å². The van der Waals surface area contributed by atoms with Crippen LogP contribution in [0.15, 0.2) is 36.9 Å². The van der Waals surface area contributed by atoms with Crippen molar-refractivity contribution in [3.8, 4) is 0 Å². The lowest BCUT2D eigenvalue weighted by Crippen LogP contribution is -2.26. The van der Waals surface area contributed by atoms with Gasteiger partial charge in [-0.05, 0) is 31.1 Å². The van der Waals surface area contributed by atoms with Crippen molar-refractivity contribution in [2.75, 3.05) is 11.4 Å². The molecule has 0 aromatic heterocycles. The summed E-state index contributed by atoms with van der Waals surface area (Å²) >= 11 is 0. The van der Waals surface area contributed by atoms with E-state index in [0.29, 0.717) is 18.2 Å². The van der Waals surface area contributed by atoms with Crippen LogP contribution in [0.4, 0.5) is 10.1 Å². The summed E-state index contributed by atoms with van der Waals surface area (Å²) in [7, 11) is 0. The summed E-state index contributed by atoms with van der Waals surface area (Å²) < 4.78 is 13.9. The standard InChI is InChI=1S/C15H16FNO2/c1-2-10-17(11-6-7-11)14-5-3-4-13(16)12(14)8-9-15(18)19/h2-5,8-9,11H,1,6-7,10H2,(H,18,19)/b9-8+. The Bertz CT molecular complexity index is 521. The molecule has 1 N–H and O–H groups in total. The molecule has 0 saturated heterocycles. The van der Waals surface area contributed by atoms with E-state index in [1.54, 1.807) is 12.1 Å². The van der Waals surface area contributed by atoms with Gasteiger partial charge in [-0.2, -0.15) is 0 Å². The van der Waals surface area contributed by atoms with Crippen LogP contribution in [0.3, 0.4) is 0 Å². The van der Waals surface area contributed by atoms with Crippen LogP contribution in [0.2, 0.25) is 0 Å². The largest absolute Gasteiger partial charge is 0.478 e. The number of hydrogen-bond donors (Lipinski definition) is 1. The first-order valence-corrected chi connectivity index (χ1v) is 6.20. The molecule has 0 radical (unpaired) electrons. The Morgan fingerprint density at radius 2 is 2.26 bits per heavy atom. The molecule has 0 aliphatic heterocycles. The topological polar surface area (TPSA) is 40.5 Å². The predicted octanol–water partition coefficient (Wildman–Crippen LogP) is 3.08. The van der Waals surface area contributed by atoms with Gasteiger partial charge in [-0.25, -0.2) is 9.18 Å². The van der Waals surface area contributed by atoms with Crippen LogP contribution < -0.4 is 4.90 Å². The third-order valence-corrected chi connectivity index (χ3v) is 3.05. The Balaban J connectivity index is 2.39. The molecule has 1 aliphatic rings. The van der Waals surface area contributed by atoms with Crippen molar-refractivity contribution in [1.29, 1.82) is 0 Å². The van der Waals surface area contributed by atoms with Gasteiger partial charge in [0.05, 0.1) is 0 Å². The van der Waals surface area contributed by atoms with E-state index in [0.717, 1.165) is 24.6 Å². The van der Waals surface area contributed by atoms with Crippen molar-refractivity contribution in [3.05, 3.63) is 48.3 Å². The maximum Gasteiger partial charge on any atom is 0.328 e. The minimum atomic E-state index is -1.09.